The zero-order chi connectivity index (χ0) is 24.4. The molecule has 0 saturated carbocycles. The second-order valence-electron chi connectivity index (χ2n) is 8.42. The van der Waals surface area contributed by atoms with Gasteiger partial charge in [-0.15, -0.1) is 11.8 Å². The first kappa shape index (κ1) is 23.1. The van der Waals surface area contributed by atoms with E-state index in [1.165, 1.54) is 0 Å². The van der Waals surface area contributed by atoms with Crippen molar-refractivity contribution in [2.75, 3.05) is 20.0 Å². The van der Waals surface area contributed by atoms with Crippen molar-refractivity contribution < 1.29 is 14.3 Å². The first-order valence-electron chi connectivity index (χ1n) is 11.4. The lowest BCUT2D eigenvalue weighted by atomic mass is 9.98. The second-order valence-corrected chi connectivity index (χ2v) is 9.43. The number of ether oxygens (including phenoxy) is 2. The standard InChI is InChI=1S/C28H27N3O3S/c1-30-17-27(23-6-4-5-7-25(23)30)35-18-28(32)31-26(20-10-14-22(34-3)15-11-20)16-24(29-31)19-8-12-21(33-2)13-9-19/h4-15,17,26H,16,18H2,1-3H3/t26-/m0/s1. The fourth-order valence-electron chi connectivity index (χ4n) is 4.41. The first-order valence-corrected chi connectivity index (χ1v) is 12.4. The normalized spacial score (nSPS) is 15.3. The van der Waals surface area contributed by atoms with Crippen molar-refractivity contribution in [3.05, 3.63) is 90.1 Å². The van der Waals surface area contributed by atoms with Crippen LogP contribution in [0, 0.1) is 0 Å². The van der Waals surface area contributed by atoms with E-state index in [2.05, 4.69) is 22.9 Å². The van der Waals surface area contributed by atoms with Crippen LogP contribution >= 0.6 is 11.8 Å². The Bertz CT molecular complexity index is 1380. The molecular formula is C28H27N3O3S. The van der Waals surface area contributed by atoms with Crippen LogP contribution in [0.3, 0.4) is 0 Å². The van der Waals surface area contributed by atoms with Gasteiger partial charge in [-0.25, -0.2) is 5.01 Å². The monoisotopic (exact) mass is 485 g/mol. The molecule has 0 bridgehead atoms. The van der Waals surface area contributed by atoms with Crippen LogP contribution < -0.4 is 9.47 Å². The van der Waals surface area contributed by atoms with Gasteiger partial charge in [-0.3, -0.25) is 4.79 Å². The number of benzene rings is 3. The van der Waals surface area contributed by atoms with Gasteiger partial charge in [-0.1, -0.05) is 30.3 Å². The summed E-state index contributed by atoms with van der Waals surface area (Å²) in [5, 5.41) is 7.61. The number of aromatic nitrogens is 1. The average Bonchev–Trinajstić information content (AvgIpc) is 3.49. The molecule has 3 aromatic carbocycles. The Labute approximate surface area is 209 Å². The maximum absolute atomic E-state index is 13.5. The molecule has 1 aliphatic rings. The lowest BCUT2D eigenvalue weighted by Gasteiger charge is -2.22. The summed E-state index contributed by atoms with van der Waals surface area (Å²) in [6.45, 7) is 0. The van der Waals surface area contributed by atoms with Crippen molar-refractivity contribution >= 4 is 34.3 Å². The predicted octanol–water partition coefficient (Wildman–Crippen LogP) is 5.67. The number of carbonyl (C=O) groups excluding carboxylic acids is 1. The third kappa shape index (κ3) is 4.64. The van der Waals surface area contributed by atoms with E-state index in [0.29, 0.717) is 12.2 Å². The predicted molar refractivity (Wildman–Crippen MR) is 140 cm³/mol. The van der Waals surface area contributed by atoms with Crippen LogP contribution in [-0.2, 0) is 11.8 Å². The molecule has 7 heteroatoms. The van der Waals surface area contributed by atoms with Crippen LogP contribution in [0.1, 0.15) is 23.6 Å². The first-order chi connectivity index (χ1) is 17.1. The van der Waals surface area contributed by atoms with Crippen LogP contribution in [0.5, 0.6) is 11.5 Å². The average molecular weight is 486 g/mol. The molecule has 6 nitrogen and oxygen atoms in total. The molecule has 0 unspecified atom stereocenters. The van der Waals surface area contributed by atoms with Gasteiger partial charge in [0.25, 0.3) is 5.91 Å². The van der Waals surface area contributed by atoms with E-state index >= 15 is 0 Å². The van der Waals surface area contributed by atoms with Crippen LogP contribution in [0.4, 0.5) is 0 Å². The number of para-hydroxylation sites is 1. The molecule has 0 saturated heterocycles. The third-order valence-electron chi connectivity index (χ3n) is 6.30. The van der Waals surface area contributed by atoms with Gasteiger partial charge in [0, 0.05) is 35.5 Å². The Hall–Kier alpha value is -3.71. The van der Waals surface area contributed by atoms with Crippen molar-refractivity contribution in [3.63, 3.8) is 0 Å². The minimum absolute atomic E-state index is 0.0211. The number of amides is 1. The Morgan fingerprint density at radius 1 is 0.971 bits per heavy atom. The SMILES string of the molecule is COc1ccc(C2=NN(C(=O)CSc3cn(C)c4ccccc34)[C@H](c3ccc(OC)cc3)C2)cc1. The molecule has 2 heterocycles. The highest BCUT2D eigenvalue weighted by atomic mass is 32.2. The summed E-state index contributed by atoms with van der Waals surface area (Å²) in [4.78, 5) is 14.6. The maximum atomic E-state index is 13.5. The Morgan fingerprint density at radius 2 is 1.63 bits per heavy atom. The van der Waals surface area contributed by atoms with E-state index in [-0.39, 0.29) is 11.9 Å². The summed E-state index contributed by atoms with van der Waals surface area (Å²) in [6, 6.07) is 23.8. The van der Waals surface area contributed by atoms with Crippen molar-refractivity contribution in [3.8, 4) is 11.5 Å². The number of aryl methyl sites for hydroxylation is 1. The summed E-state index contributed by atoms with van der Waals surface area (Å²) in [7, 11) is 5.32. The molecule has 0 N–H and O–H groups in total. The molecule has 1 atom stereocenters. The van der Waals surface area contributed by atoms with E-state index in [1.807, 2.05) is 67.7 Å². The van der Waals surface area contributed by atoms with Crippen molar-refractivity contribution in [2.24, 2.45) is 12.1 Å². The van der Waals surface area contributed by atoms with Gasteiger partial charge >= 0.3 is 0 Å². The van der Waals surface area contributed by atoms with Crippen molar-refractivity contribution in [1.29, 1.82) is 0 Å². The van der Waals surface area contributed by atoms with Crippen molar-refractivity contribution in [2.45, 2.75) is 17.4 Å². The number of thioether (sulfide) groups is 1. The molecule has 5 rings (SSSR count). The Morgan fingerprint density at radius 3 is 2.31 bits per heavy atom. The van der Waals surface area contributed by atoms with Crippen LogP contribution in [-0.4, -0.2) is 41.2 Å². The number of nitrogens with zero attached hydrogens (tertiary/aromatic N) is 3. The number of methoxy groups -OCH3 is 2. The summed E-state index contributed by atoms with van der Waals surface area (Å²) in [5.74, 6) is 1.86. The van der Waals surface area contributed by atoms with Gasteiger partial charge in [0.15, 0.2) is 0 Å². The molecule has 1 amide bonds. The molecule has 1 aromatic heterocycles. The highest BCUT2D eigenvalue weighted by Crippen LogP contribution is 2.36. The van der Waals surface area contributed by atoms with Gasteiger partial charge < -0.3 is 14.0 Å². The number of hydrogen-bond donors (Lipinski definition) is 0. The molecule has 1 aliphatic heterocycles. The molecular weight excluding hydrogens is 458 g/mol. The topological polar surface area (TPSA) is 56.1 Å². The highest BCUT2D eigenvalue weighted by Gasteiger charge is 2.33. The number of fused-ring (bicyclic) bond motifs is 1. The quantitative estimate of drug-likeness (QED) is 0.317. The molecule has 0 fully saturated rings. The molecule has 0 spiro atoms. The van der Waals surface area contributed by atoms with E-state index in [4.69, 9.17) is 14.6 Å². The summed E-state index contributed by atoms with van der Waals surface area (Å²) < 4.78 is 12.7. The smallest absolute Gasteiger partial charge is 0.253 e. The molecule has 35 heavy (non-hydrogen) atoms. The van der Waals surface area contributed by atoms with Crippen LogP contribution in [0.25, 0.3) is 10.9 Å². The Balaban J connectivity index is 1.41. The zero-order valence-corrected chi connectivity index (χ0v) is 20.8. The number of hydrogen-bond acceptors (Lipinski definition) is 5. The fraction of sp³-hybridized carbons (Fsp3) is 0.214. The van der Waals surface area contributed by atoms with Gasteiger partial charge in [0.05, 0.1) is 31.7 Å². The molecule has 4 aromatic rings. The fourth-order valence-corrected chi connectivity index (χ4v) is 5.38. The number of rotatable bonds is 7. The largest absolute Gasteiger partial charge is 0.497 e. The van der Waals surface area contributed by atoms with E-state index in [0.717, 1.165) is 44.1 Å². The van der Waals surface area contributed by atoms with E-state index in [1.54, 1.807) is 31.0 Å². The zero-order valence-electron chi connectivity index (χ0n) is 20.0. The second kappa shape index (κ2) is 9.88. The van der Waals surface area contributed by atoms with Crippen LogP contribution in [0.2, 0.25) is 0 Å². The summed E-state index contributed by atoms with van der Waals surface area (Å²) >= 11 is 1.55. The van der Waals surface area contributed by atoms with Gasteiger partial charge in [0.2, 0.25) is 0 Å². The lowest BCUT2D eigenvalue weighted by molar-refractivity contribution is -0.130. The lowest BCUT2D eigenvalue weighted by Crippen LogP contribution is -2.28. The summed E-state index contributed by atoms with van der Waals surface area (Å²) in [5.41, 5.74) is 4.06. The Kier molecular flexibility index (Phi) is 6.51. The van der Waals surface area contributed by atoms with Gasteiger partial charge in [-0.2, -0.15) is 5.10 Å². The van der Waals surface area contributed by atoms with E-state index < -0.39 is 0 Å². The maximum Gasteiger partial charge on any atom is 0.253 e. The van der Waals surface area contributed by atoms with Gasteiger partial charge in [0.1, 0.15) is 11.5 Å². The van der Waals surface area contributed by atoms with Crippen LogP contribution in [0.15, 0.2) is 89.0 Å². The highest BCUT2D eigenvalue weighted by molar-refractivity contribution is 8.00. The molecule has 178 valence electrons. The van der Waals surface area contributed by atoms with E-state index in [9.17, 15) is 4.79 Å². The molecule has 0 aliphatic carbocycles. The third-order valence-corrected chi connectivity index (χ3v) is 7.33. The molecule has 0 radical (unpaired) electrons. The minimum Gasteiger partial charge on any atom is -0.497 e. The number of carbonyl (C=O) groups is 1. The summed E-state index contributed by atoms with van der Waals surface area (Å²) in [6.07, 6.45) is 2.73. The van der Waals surface area contributed by atoms with Gasteiger partial charge in [-0.05, 0) is 53.6 Å². The number of hydrazone groups is 1. The minimum atomic E-state index is -0.168. The van der Waals surface area contributed by atoms with Crippen molar-refractivity contribution in [1.82, 2.24) is 9.58 Å².